The summed E-state index contributed by atoms with van der Waals surface area (Å²) in [6.07, 6.45) is 0.817. The fraction of sp³-hybridized carbons (Fsp3) is 0.625. The average Bonchev–Trinajstić information content (AvgIpc) is 2.10. The molecule has 1 unspecified atom stereocenters. The smallest absolute Gasteiger partial charge is 0.249 e. The maximum atomic E-state index is 11.2. The highest BCUT2D eigenvalue weighted by molar-refractivity contribution is 6.01. The normalized spacial score (nSPS) is 21.6. The Kier molecular flexibility index (Phi) is 3.58. The predicted octanol–water partition coefficient (Wildman–Crippen LogP) is -1.74. The van der Waals surface area contributed by atoms with E-state index in [0.29, 0.717) is 6.42 Å². The lowest BCUT2D eigenvalue weighted by atomic mass is 10.1. The quantitative estimate of drug-likeness (QED) is 0.469. The molecule has 1 rings (SSSR count). The van der Waals surface area contributed by atoms with Gasteiger partial charge in [0.15, 0.2) is 0 Å². The Labute approximate surface area is 81.2 Å². The van der Waals surface area contributed by atoms with E-state index >= 15 is 0 Å². The third kappa shape index (κ3) is 2.81. The molecular weight excluding hydrogens is 186 g/mol. The van der Waals surface area contributed by atoms with E-state index in [1.54, 1.807) is 0 Å². The topological polar surface area (TPSA) is 101 Å². The second-order valence-electron chi connectivity index (χ2n) is 3.11. The number of nitrogens with one attached hydrogen (secondary N) is 2. The van der Waals surface area contributed by atoms with Gasteiger partial charge in [-0.15, -0.1) is 0 Å². The van der Waals surface area contributed by atoms with Gasteiger partial charge in [0.25, 0.3) is 0 Å². The SMILES string of the molecule is NCCC(=O)NC1CCC(=O)NC1=O. The summed E-state index contributed by atoms with van der Waals surface area (Å²) in [5.41, 5.74) is 5.18. The highest BCUT2D eigenvalue weighted by Gasteiger charge is 2.27. The van der Waals surface area contributed by atoms with Crippen molar-refractivity contribution in [1.82, 2.24) is 10.6 Å². The minimum Gasteiger partial charge on any atom is -0.344 e. The summed E-state index contributed by atoms with van der Waals surface area (Å²) >= 11 is 0. The second-order valence-corrected chi connectivity index (χ2v) is 3.11. The van der Waals surface area contributed by atoms with Gasteiger partial charge in [-0.05, 0) is 6.42 Å². The van der Waals surface area contributed by atoms with Crippen molar-refractivity contribution in [2.24, 2.45) is 5.73 Å². The minimum absolute atomic E-state index is 0.192. The van der Waals surface area contributed by atoms with E-state index in [0.717, 1.165) is 0 Å². The number of piperidine rings is 1. The first-order chi connectivity index (χ1) is 6.63. The van der Waals surface area contributed by atoms with Gasteiger partial charge in [0.05, 0.1) is 0 Å². The van der Waals surface area contributed by atoms with Crippen molar-refractivity contribution in [1.29, 1.82) is 0 Å². The van der Waals surface area contributed by atoms with E-state index in [2.05, 4.69) is 10.6 Å². The van der Waals surface area contributed by atoms with Gasteiger partial charge in [0.1, 0.15) is 6.04 Å². The number of rotatable bonds is 3. The fourth-order valence-electron chi connectivity index (χ4n) is 1.23. The van der Waals surface area contributed by atoms with Crippen LogP contribution in [0.3, 0.4) is 0 Å². The van der Waals surface area contributed by atoms with Crippen LogP contribution in [0.4, 0.5) is 0 Å². The van der Waals surface area contributed by atoms with Crippen molar-refractivity contribution in [2.75, 3.05) is 6.54 Å². The van der Waals surface area contributed by atoms with E-state index in [4.69, 9.17) is 5.73 Å². The maximum absolute atomic E-state index is 11.2. The molecule has 14 heavy (non-hydrogen) atoms. The fourth-order valence-corrected chi connectivity index (χ4v) is 1.23. The first-order valence-corrected chi connectivity index (χ1v) is 4.46. The third-order valence-corrected chi connectivity index (χ3v) is 1.95. The molecule has 0 bridgehead atoms. The van der Waals surface area contributed by atoms with Gasteiger partial charge < -0.3 is 11.1 Å². The molecule has 1 aliphatic rings. The molecule has 1 atom stereocenters. The Morgan fingerprint density at radius 3 is 2.86 bits per heavy atom. The summed E-state index contributed by atoms with van der Waals surface area (Å²) in [6.45, 7) is 0.249. The first-order valence-electron chi connectivity index (χ1n) is 4.46. The third-order valence-electron chi connectivity index (χ3n) is 1.95. The van der Waals surface area contributed by atoms with Crippen LogP contribution in [0, 0.1) is 0 Å². The van der Waals surface area contributed by atoms with E-state index in [-0.39, 0.29) is 31.2 Å². The van der Waals surface area contributed by atoms with Crippen molar-refractivity contribution < 1.29 is 14.4 Å². The largest absolute Gasteiger partial charge is 0.344 e. The van der Waals surface area contributed by atoms with E-state index in [9.17, 15) is 14.4 Å². The van der Waals surface area contributed by atoms with Gasteiger partial charge in [0.2, 0.25) is 17.7 Å². The zero-order chi connectivity index (χ0) is 10.6. The van der Waals surface area contributed by atoms with E-state index in [1.807, 2.05) is 0 Å². The Morgan fingerprint density at radius 1 is 1.57 bits per heavy atom. The second kappa shape index (κ2) is 4.71. The van der Waals surface area contributed by atoms with Gasteiger partial charge in [0, 0.05) is 19.4 Å². The van der Waals surface area contributed by atoms with Gasteiger partial charge in [-0.3, -0.25) is 19.7 Å². The molecule has 0 saturated carbocycles. The molecule has 0 spiro atoms. The molecule has 3 amide bonds. The molecular formula is C8H13N3O3. The highest BCUT2D eigenvalue weighted by atomic mass is 16.2. The van der Waals surface area contributed by atoms with Crippen LogP contribution >= 0.6 is 0 Å². The average molecular weight is 199 g/mol. The Bertz CT molecular complexity index is 265. The summed E-state index contributed by atoms with van der Waals surface area (Å²) in [5.74, 6) is -0.993. The number of imide groups is 1. The maximum Gasteiger partial charge on any atom is 0.249 e. The van der Waals surface area contributed by atoms with Crippen LogP contribution in [-0.4, -0.2) is 30.3 Å². The molecule has 1 saturated heterocycles. The van der Waals surface area contributed by atoms with Crippen molar-refractivity contribution in [3.63, 3.8) is 0 Å². The number of amides is 3. The van der Waals surface area contributed by atoms with Crippen LogP contribution in [-0.2, 0) is 14.4 Å². The first kappa shape index (κ1) is 10.6. The standard InChI is InChI=1S/C8H13N3O3/c9-4-3-7(13)10-5-1-2-6(12)11-8(5)14/h5H,1-4,9H2,(H,10,13)(H,11,12,14). The lowest BCUT2D eigenvalue weighted by Crippen LogP contribution is -2.52. The van der Waals surface area contributed by atoms with Crippen LogP contribution in [0.25, 0.3) is 0 Å². The number of hydrogen-bond donors (Lipinski definition) is 3. The van der Waals surface area contributed by atoms with Crippen molar-refractivity contribution in [3.05, 3.63) is 0 Å². The van der Waals surface area contributed by atoms with Gasteiger partial charge in [-0.1, -0.05) is 0 Å². The summed E-state index contributed by atoms with van der Waals surface area (Å²) in [7, 11) is 0. The van der Waals surface area contributed by atoms with E-state index < -0.39 is 11.9 Å². The number of hydrogen-bond acceptors (Lipinski definition) is 4. The molecule has 0 aromatic rings. The molecule has 6 nitrogen and oxygen atoms in total. The number of carbonyl (C=O) groups excluding carboxylic acids is 3. The number of carbonyl (C=O) groups is 3. The minimum atomic E-state index is -0.591. The Balaban J connectivity index is 2.41. The zero-order valence-electron chi connectivity index (χ0n) is 7.71. The summed E-state index contributed by atoms with van der Waals surface area (Å²) in [5, 5.41) is 4.66. The monoisotopic (exact) mass is 199 g/mol. The van der Waals surface area contributed by atoms with Crippen LogP contribution in [0.1, 0.15) is 19.3 Å². The predicted molar refractivity (Wildman–Crippen MR) is 48.0 cm³/mol. The van der Waals surface area contributed by atoms with Crippen LogP contribution in [0.2, 0.25) is 0 Å². The van der Waals surface area contributed by atoms with Crippen molar-refractivity contribution in [3.8, 4) is 0 Å². The molecule has 1 fully saturated rings. The summed E-state index contributed by atoms with van der Waals surface area (Å²) in [4.78, 5) is 33.0. The lowest BCUT2D eigenvalue weighted by Gasteiger charge is -2.21. The molecule has 0 aromatic carbocycles. The van der Waals surface area contributed by atoms with Crippen LogP contribution in [0.5, 0.6) is 0 Å². The molecule has 0 aromatic heterocycles. The molecule has 1 aliphatic heterocycles. The summed E-state index contributed by atoms with van der Waals surface area (Å²) in [6, 6.07) is -0.591. The van der Waals surface area contributed by atoms with Crippen molar-refractivity contribution in [2.45, 2.75) is 25.3 Å². The van der Waals surface area contributed by atoms with Crippen LogP contribution < -0.4 is 16.4 Å². The molecule has 78 valence electrons. The molecule has 6 heteroatoms. The van der Waals surface area contributed by atoms with Gasteiger partial charge >= 0.3 is 0 Å². The number of nitrogens with two attached hydrogens (primary N) is 1. The lowest BCUT2D eigenvalue weighted by molar-refractivity contribution is -0.137. The van der Waals surface area contributed by atoms with Crippen LogP contribution in [0.15, 0.2) is 0 Å². The Hall–Kier alpha value is -1.43. The van der Waals surface area contributed by atoms with Gasteiger partial charge in [-0.25, -0.2) is 0 Å². The van der Waals surface area contributed by atoms with Crippen molar-refractivity contribution >= 4 is 17.7 Å². The molecule has 4 N–H and O–H groups in total. The zero-order valence-corrected chi connectivity index (χ0v) is 7.71. The van der Waals surface area contributed by atoms with Gasteiger partial charge in [-0.2, -0.15) is 0 Å². The molecule has 0 aliphatic carbocycles. The Morgan fingerprint density at radius 2 is 2.29 bits per heavy atom. The highest BCUT2D eigenvalue weighted by Crippen LogP contribution is 2.04. The molecule has 0 radical (unpaired) electrons. The molecule has 1 heterocycles. The summed E-state index contributed by atoms with van der Waals surface area (Å²) < 4.78 is 0. The van der Waals surface area contributed by atoms with E-state index in [1.165, 1.54) is 0 Å².